The Morgan fingerprint density at radius 1 is 0.842 bits per heavy atom. The Morgan fingerprint density at radius 2 is 1.26 bits per heavy atom. The fourth-order valence-electron chi connectivity index (χ4n) is 2.12. The first kappa shape index (κ1) is 15.1. The van der Waals surface area contributed by atoms with Crippen molar-refractivity contribution in [1.29, 1.82) is 0 Å². The Balaban J connectivity index is 2.22. The van der Waals surface area contributed by atoms with E-state index >= 15 is 0 Å². The van der Waals surface area contributed by atoms with Gasteiger partial charge in [-0.2, -0.15) is 0 Å². The fourth-order valence-corrected chi connectivity index (χ4v) is 4.57. The first-order valence-electron chi connectivity index (χ1n) is 6.99. The van der Waals surface area contributed by atoms with Crippen LogP contribution in [-0.4, -0.2) is 31.6 Å². The van der Waals surface area contributed by atoms with Crippen LogP contribution >= 0.6 is 0 Å². The van der Waals surface area contributed by atoms with Crippen LogP contribution in [0.3, 0.4) is 0 Å². The van der Waals surface area contributed by atoms with E-state index in [-0.39, 0.29) is 18.3 Å². The number of hydrogen-bond acceptors (Lipinski definition) is 2. The van der Waals surface area contributed by atoms with Gasteiger partial charge in [-0.1, -0.05) is 0 Å². The topological polar surface area (TPSA) is 18.5 Å². The van der Waals surface area contributed by atoms with Crippen molar-refractivity contribution < 1.29 is 9.31 Å². The van der Waals surface area contributed by atoms with Gasteiger partial charge in [-0.05, 0) is 0 Å². The van der Waals surface area contributed by atoms with E-state index in [1.807, 2.05) is 0 Å². The molecule has 2 nitrogen and oxygen atoms in total. The van der Waals surface area contributed by atoms with Crippen molar-refractivity contribution in [1.82, 2.24) is 0 Å². The molecule has 0 saturated carbocycles. The van der Waals surface area contributed by atoms with E-state index in [2.05, 4.69) is 69.2 Å². The molecule has 0 aliphatic carbocycles. The summed E-state index contributed by atoms with van der Waals surface area (Å²) in [6.45, 7) is 8.36. The average molecular weight is 321 g/mol. The molecule has 1 aromatic carbocycles. The number of rotatable bonds is 2. The van der Waals surface area contributed by atoms with Crippen LogP contribution < -0.4 is 9.86 Å². The molecule has 0 aromatic heterocycles. The zero-order valence-corrected chi connectivity index (χ0v) is 15.3. The van der Waals surface area contributed by atoms with Crippen LogP contribution in [-0.2, 0) is 9.31 Å². The van der Waals surface area contributed by atoms with Crippen molar-refractivity contribution in [2.75, 3.05) is 0 Å². The molecule has 4 heteroatoms. The molecule has 0 radical (unpaired) electrons. The van der Waals surface area contributed by atoms with Gasteiger partial charge in [-0.15, -0.1) is 0 Å². The number of benzene rings is 1. The number of hydrogen-bond donors (Lipinski definition) is 0. The SMILES string of the molecule is CC1(C)OB(c2cc[c]([Ge]([CH3])([CH3])[CH3])cc2)OC1(C)C. The molecule has 0 atom stereocenters. The van der Waals surface area contributed by atoms with Crippen LogP contribution in [0, 0.1) is 0 Å². The molecule has 0 amide bonds. The van der Waals surface area contributed by atoms with E-state index in [1.165, 1.54) is 4.40 Å². The van der Waals surface area contributed by atoms with Crippen LogP contribution in [0.4, 0.5) is 0 Å². The van der Waals surface area contributed by atoms with E-state index < -0.39 is 13.3 Å². The van der Waals surface area contributed by atoms with Crippen molar-refractivity contribution in [2.45, 2.75) is 56.2 Å². The second-order valence-corrected chi connectivity index (χ2v) is 18.1. The third-order valence-corrected chi connectivity index (χ3v) is 8.64. The molecule has 0 spiro atoms. The van der Waals surface area contributed by atoms with Gasteiger partial charge in [0.05, 0.1) is 0 Å². The first-order chi connectivity index (χ1) is 8.53. The molecule has 2 rings (SSSR count). The Bertz CT molecular complexity index is 444. The average Bonchev–Trinajstić information content (AvgIpc) is 2.47. The summed E-state index contributed by atoms with van der Waals surface area (Å²) in [5.41, 5.74) is 0.588. The molecule has 1 aromatic rings. The molecule has 1 fully saturated rings. The Labute approximate surface area is 120 Å². The monoisotopic (exact) mass is 322 g/mol. The van der Waals surface area contributed by atoms with Gasteiger partial charge in [0.1, 0.15) is 0 Å². The Kier molecular flexibility index (Phi) is 3.70. The van der Waals surface area contributed by atoms with Crippen molar-refractivity contribution >= 4 is 30.2 Å². The van der Waals surface area contributed by atoms with Crippen molar-refractivity contribution in [3.63, 3.8) is 0 Å². The van der Waals surface area contributed by atoms with E-state index in [1.54, 1.807) is 0 Å². The van der Waals surface area contributed by atoms with Gasteiger partial charge in [-0.3, -0.25) is 0 Å². The molecule has 19 heavy (non-hydrogen) atoms. The molecular formula is C15H25BGeO2. The van der Waals surface area contributed by atoms with Crippen molar-refractivity contribution in [3.8, 4) is 0 Å². The zero-order chi connectivity index (χ0) is 14.5. The van der Waals surface area contributed by atoms with E-state index in [4.69, 9.17) is 9.31 Å². The van der Waals surface area contributed by atoms with Crippen LogP contribution in [0.1, 0.15) is 27.7 Å². The quantitative estimate of drug-likeness (QED) is 0.780. The molecule has 1 aliphatic heterocycles. The van der Waals surface area contributed by atoms with Crippen LogP contribution in [0.15, 0.2) is 24.3 Å². The van der Waals surface area contributed by atoms with Crippen LogP contribution in [0.25, 0.3) is 0 Å². The molecule has 104 valence electrons. The third-order valence-electron chi connectivity index (χ3n) is 4.30. The van der Waals surface area contributed by atoms with Gasteiger partial charge >= 0.3 is 120 Å². The summed E-state index contributed by atoms with van der Waals surface area (Å²) in [6, 6.07) is 8.82. The van der Waals surface area contributed by atoms with E-state index in [0.29, 0.717) is 0 Å². The minimum atomic E-state index is -1.73. The predicted molar refractivity (Wildman–Crippen MR) is 85.1 cm³/mol. The maximum absolute atomic E-state index is 6.07. The predicted octanol–water partition coefficient (Wildman–Crippen LogP) is 2.53. The summed E-state index contributed by atoms with van der Waals surface area (Å²) in [5.74, 6) is 7.22. The Morgan fingerprint density at radius 3 is 1.63 bits per heavy atom. The van der Waals surface area contributed by atoms with Crippen molar-refractivity contribution in [2.24, 2.45) is 0 Å². The van der Waals surface area contributed by atoms with Crippen LogP contribution in [0.5, 0.6) is 0 Å². The van der Waals surface area contributed by atoms with Crippen LogP contribution in [0.2, 0.25) is 17.3 Å². The fraction of sp³-hybridized carbons (Fsp3) is 0.600. The van der Waals surface area contributed by atoms with Gasteiger partial charge < -0.3 is 0 Å². The molecule has 0 bridgehead atoms. The van der Waals surface area contributed by atoms with E-state index in [0.717, 1.165) is 5.46 Å². The third kappa shape index (κ3) is 2.93. The Hall–Kier alpha value is -0.252. The van der Waals surface area contributed by atoms with Gasteiger partial charge in [0.15, 0.2) is 0 Å². The minimum absolute atomic E-state index is 0.244. The zero-order valence-electron chi connectivity index (χ0n) is 13.2. The van der Waals surface area contributed by atoms with Gasteiger partial charge in [-0.25, -0.2) is 0 Å². The summed E-state index contributed by atoms with van der Waals surface area (Å²) < 4.78 is 13.7. The molecule has 1 aliphatic rings. The first-order valence-corrected chi connectivity index (χ1v) is 14.3. The summed E-state index contributed by atoms with van der Waals surface area (Å²) >= 11 is -1.73. The molecule has 1 saturated heterocycles. The van der Waals surface area contributed by atoms with E-state index in [9.17, 15) is 0 Å². The molecule has 0 unspecified atom stereocenters. The van der Waals surface area contributed by atoms with Crippen molar-refractivity contribution in [3.05, 3.63) is 24.3 Å². The molecule has 0 N–H and O–H groups in total. The van der Waals surface area contributed by atoms with Gasteiger partial charge in [0, 0.05) is 0 Å². The summed E-state index contributed by atoms with van der Waals surface area (Å²) in [6.07, 6.45) is 0. The van der Waals surface area contributed by atoms with Gasteiger partial charge in [0.2, 0.25) is 0 Å². The molecule has 1 heterocycles. The normalized spacial score (nSPS) is 21.7. The standard InChI is InChI=1S/C15H25BGeO2/c1-14(2)15(3,4)19-16(18-14)12-8-10-13(11-9-12)17(5,6)7/h8-11H,1-7H3. The maximum atomic E-state index is 6.07. The molecular weight excluding hydrogens is 296 g/mol. The van der Waals surface area contributed by atoms with Gasteiger partial charge in [0.25, 0.3) is 0 Å². The summed E-state index contributed by atoms with van der Waals surface area (Å²) in [7, 11) is -0.244. The summed E-state index contributed by atoms with van der Waals surface area (Å²) in [5, 5.41) is 0. The summed E-state index contributed by atoms with van der Waals surface area (Å²) in [4.78, 5) is 0. The second kappa shape index (κ2) is 4.64. The second-order valence-electron chi connectivity index (χ2n) is 7.46.